The van der Waals surface area contributed by atoms with Crippen LogP contribution in [0.3, 0.4) is 0 Å². The second kappa shape index (κ2) is 4.78. The first-order valence-electron chi connectivity index (χ1n) is 5.30. The smallest absolute Gasteiger partial charge is 0.224 e. The second-order valence-corrected chi connectivity index (χ2v) is 4.29. The summed E-state index contributed by atoms with van der Waals surface area (Å²) in [5, 5.41) is 2.88. The number of benzene rings is 1. The summed E-state index contributed by atoms with van der Waals surface area (Å²) in [5.74, 6) is -0.0722. The van der Waals surface area contributed by atoms with Crippen LogP contribution >= 0.6 is 11.6 Å². The molecule has 2 rings (SSSR count). The van der Waals surface area contributed by atoms with Crippen LogP contribution in [0, 0.1) is 19.7 Å². The van der Waals surface area contributed by atoms with Crippen LogP contribution < -0.4 is 11.1 Å². The summed E-state index contributed by atoms with van der Waals surface area (Å²) in [6, 6.07) is 4.83. The van der Waals surface area contributed by atoms with Gasteiger partial charge in [0.1, 0.15) is 5.82 Å². The van der Waals surface area contributed by atoms with Crippen LogP contribution in [-0.4, -0.2) is 9.97 Å². The summed E-state index contributed by atoms with van der Waals surface area (Å²) in [5.41, 5.74) is 7.83. The number of aromatic nitrogens is 2. The van der Waals surface area contributed by atoms with Gasteiger partial charge in [-0.15, -0.1) is 0 Å². The molecular formula is C12H12ClFN4. The van der Waals surface area contributed by atoms with Crippen molar-refractivity contribution in [3.8, 4) is 0 Å². The Hall–Kier alpha value is -1.88. The van der Waals surface area contributed by atoms with Crippen molar-refractivity contribution in [2.45, 2.75) is 13.8 Å². The van der Waals surface area contributed by atoms with Gasteiger partial charge in [-0.1, -0.05) is 6.07 Å². The number of nitrogens with one attached hydrogen (secondary N) is 1. The average molecular weight is 267 g/mol. The molecule has 4 nitrogen and oxygen atoms in total. The first-order chi connectivity index (χ1) is 8.47. The van der Waals surface area contributed by atoms with E-state index in [4.69, 9.17) is 17.3 Å². The molecule has 3 N–H and O–H groups in total. The molecule has 94 valence electrons. The first-order valence-corrected chi connectivity index (χ1v) is 5.68. The number of hydrogen-bond acceptors (Lipinski definition) is 4. The molecule has 0 spiro atoms. The molecule has 0 atom stereocenters. The summed E-state index contributed by atoms with van der Waals surface area (Å²) < 4.78 is 13.7. The predicted molar refractivity (Wildman–Crippen MR) is 70.6 cm³/mol. The van der Waals surface area contributed by atoms with Gasteiger partial charge in [0.05, 0.1) is 17.1 Å². The van der Waals surface area contributed by atoms with Gasteiger partial charge in [-0.25, -0.2) is 9.37 Å². The summed E-state index contributed by atoms with van der Waals surface area (Å²) in [7, 11) is 0. The van der Waals surface area contributed by atoms with E-state index in [9.17, 15) is 4.39 Å². The van der Waals surface area contributed by atoms with E-state index < -0.39 is 0 Å². The monoisotopic (exact) mass is 266 g/mol. The van der Waals surface area contributed by atoms with E-state index in [0.717, 1.165) is 5.56 Å². The van der Waals surface area contributed by atoms with Crippen molar-refractivity contribution in [1.82, 2.24) is 9.97 Å². The van der Waals surface area contributed by atoms with Crippen molar-refractivity contribution in [3.05, 3.63) is 40.6 Å². The van der Waals surface area contributed by atoms with Crippen LogP contribution in [0.25, 0.3) is 0 Å². The quantitative estimate of drug-likeness (QED) is 0.819. The van der Waals surface area contributed by atoms with Gasteiger partial charge in [-0.05, 0) is 43.1 Å². The highest BCUT2D eigenvalue weighted by molar-refractivity contribution is 6.28. The summed E-state index contributed by atoms with van der Waals surface area (Å²) in [6.45, 7) is 3.52. The lowest BCUT2D eigenvalue weighted by Crippen LogP contribution is -2.04. The number of hydrogen-bond donors (Lipinski definition) is 2. The lowest BCUT2D eigenvalue weighted by Gasteiger charge is -2.11. The zero-order chi connectivity index (χ0) is 13.3. The largest absolute Gasteiger partial charge is 0.394 e. The van der Waals surface area contributed by atoms with Gasteiger partial charge in [0.15, 0.2) is 5.82 Å². The molecule has 0 bridgehead atoms. The van der Waals surface area contributed by atoms with Crippen LogP contribution in [0.1, 0.15) is 11.3 Å². The molecular weight excluding hydrogens is 255 g/mol. The highest BCUT2D eigenvalue weighted by atomic mass is 35.5. The molecule has 1 aromatic carbocycles. The third-order valence-electron chi connectivity index (χ3n) is 2.49. The maximum absolute atomic E-state index is 13.7. The van der Waals surface area contributed by atoms with Crippen molar-refractivity contribution in [1.29, 1.82) is 0 Å². The lowest BCUT2D eigenvalue weighted by atomic mass is 10.2. The minimum absolute atomic E-state index is 0.0664. The van der Waals surface area contributed by atoms with Gasteiger partial charge in [0.25, 0.3) is 0 Å². The Morgan fingerprint density at radius 1 is 1.28 bits per heavy atom. The molecule has 0 unspecified atom stereocenters. The zero-order valence-electron chi connectivity index (χ0n) is 9.96. The van der Waals surface area contributed by atoms with Crippen LogP contribution in [0.4, 0.5) is 21.6 Å². The van der Waals surface area contributed by atoms with Crippen LogP contribution in [-0.2, 0) is 0 Å². The molecule has 2 aromatic rings. The number of anilines is 3. The molecule has 0 amide bonds. The minimum atomic E-state index is -0.373. The van der Waals surface area contributed by atoms with Gasteiger partial charge in [-0.2, -0.15) is 4.98 Å². The van der Waals surface area contributed by atoms with Crippen molar-refractivity contribution >= 4 is 28.8 Å². The number of nitrogens with zero attached hydrogens (tertiary/aromatic N) is 2. The van der Waals surface area contributed by atoms with E-state index in [1.807, 2.05) is 6.92 Å². The van der Waals surface area contributed by atoms with E-state index in [1.54, 1.807) is 19.1 Å². The maximum Gasteiger partial charge on any atom is 0.224 e. The number of nitrogen functional groups attached to an aromatic ring is 1. The SMILES string of the molecule is Cc1ccc(Nc2nc(Cl)nc(C)c2N)c(F)c1. The highest BCUT2D eigenvalue weighted by Crippen LogP contribution is 2.26. The Balaban J connectivity index is 2.40. The van der Waals surface area contributed by atoms with Crippen molar-refractivity contribution in [2.24, 2.45) is 0 Å². The van der Waals surface area contributed by atoms with E-state index in [1.165, 1.54) is 6.07 Å². The van der Waals surface area contributed by atoms with Crippen molar-refractivity contribution in [3.63, 3.8) is 0 Å². The van der Waals surface area contributed by atoms with E-state index in [-0.39, 0.29) is 11.1 Å². The van der Waals surface area contributed by atoms with Crippen LogP contribution in [0.15, 0.2) is 18.2 Å². The van der Waals surface area contributed by atoms with E-state index in [2.05, 4.69) is 15.3 Å². The topological polar surface area (TPSA) is 63.8 Å². The number of nitrogens with two attached hydrogens (primary N) is 1. The number of rotatable bonds is 2. The molecule has 0 aliphatic heterocycles. The Morgan fingerprint density at radius 3 is 2.67 bits per heavy atom. The summed E-state index contributed by atoms with van der Waals surface area (Å²) in [4.78, 5) is 7.85. The lowest BCUT2D eigenvalue weighted by molar-refractivity contribution is 0.630. The van der Waals surface area contributed by atoms with Crippen LogP contribution in [0.5, 0.6) is 0 Å². The molecule has 0 radical (unpaired) electrons. The molecule has 0 aliphatic carbocycles. The fraction of sp³-hybridized carbons (Fsp3) is 0.167. The first kappa shape index (κ1) is 12.6. The Bertz CT molecular complexity index is 601. The third kappa shape index (κ3) is 2.51. The van der Waals surface area contributed by atoms with E-state index in [0.29, 0.717) is 22.9 Å². The van der Waals surface area contributed by atoms with Crippen LogP contribution in [0.2, 0.25) is 5.28 Å². The molecule has 0 saturated heterocycles. The molecule has 6 heteroatoms. The second-order valence-electron chi connectivity index (χ2n) is 3.95. The average Bonchev–Trinajstić information content (AvgIpc) is 2.29. The van der Waals surface area contributed by atoms with Gasteiger partial charge in [-0.3, -0.25) is 0 Å². The molecule has 1 heterocycles. The summed E-state index contributed by atoms with van der Waals surface area (Å²) in [6.07, 6.45) is 0. The molecule has 1 aromatic heterocycles. The van der Waals surface area contributed by atoms with Crippen molar-refractivity contribution < 1.29 is 4.39 Å². The van der Waals surface area contributed by atoms with Gasteiger partial charge in [0, 0.05) is 0 Å². The Labute approximate surface area is 109 Å². The number of aryl methyl sites for hydroxylation is 2. The molecule has 0 fully saturated rings. The van der Waals surface area contributed by atoms with Crippen molar-refractivity contribution in [2.75, 3.05) is 11.1 Å². The maximum atomic E-state index is 13.7. The van der Waals surface area contributed by atoms with Gasteiger partial charge < -0.3 is 11.1 Å². The third-order valence-corrected chi connectivity index (χ3v) is 2.66. The fourth-order valence-electron chi connectivity index (χ4n) is 1.49. The molecule has 0 aliphatic rings. The zero-order valence-corrected chi connectivity index (χ0v) is 10.7. The Kier molecular flexibility index (Phi) is 3.34. The van der Waals surface area contributed by atoms with Gasteiger partial charge >= 0.3 is 0 Å². The molecule has 18 heavy (non-hydrogen) atoms. The fourth-order valence-corrected chi connectivity index (χ4v) is 1.70. The van der Waals surface area contributed by atoms with Gasteiger partial charge in [0.2, 0.25) is 5.28 Å². The standard InChI is InChI=1S/C12H12ClFN4/c1-6-3-4-9(8(14)5-6)17-11-10(15)7(2)16-12(13)18-11/h3-5H,15H2,1-2H3,(H,16,17,18). The minimum Gasteiger partial charge on any atom is -0.394 e. The van der Waals surface area contributed by atoms with E-state index >= 15 is 0 Å². The Morgan fingerprint density at radius 2 is 2.00 bits per heavy atom. The highest BCUT2D eigenvalue weighted by Gasteiger charge is 2.10. The molecule has 0 saturated carbocycles. The summed E-state index contributed by atoms with van der Waals surface area (Å²) >= 11 is 5.74. The number of halogens is 2. The predicted octanol–water partition coefficient (Wildman–Crippen LogP) is 3.21. The normalized spacial score (nSPS) is 10.4.